The van der Waals surface area contributed by atoms with Gasteiger partial charge in [-0.1, -0.05) is 218 Å². The summed E-state index contributed by atoms with van der Waals surface area (Å²) in [5, 5.41) is 9.60. The maximum absolute atomic E-state index is 6.69. The highest BCUT2D eigenvalue weighted by Crippen LogP contribution is 2.60. The van der Waals surface area contributed by atoms with Crippen LogP contribution in [0.2, 0.25) is 0 Å². The number of benzene rings is 12. The number of rotatable bonds is 7. The Morgan fingerprint density at radius 1 is 0.319 bits per heavy atom. The zero-order valence-electron chi connectivity index (χ0n) is 37.7. The van der Waals surface area contributed by atoms with Crippen LogP contribution in [0.3, 0.4) is 0 Å². The van der Waals surface area contributed by atoms with E-state index in [4.69, 9.17) is 4.42 Å². The van der Waals surface area contributed by atoms with Crippen molar-refractivity contribution in [3.05, 3.63) is 283 Å². The molecule has 2 heteroatoms. The molecule has 0 aliphatic heterocycles. The molecule has 1 aliphatic carbocycles. The maximum atomic E-state index is 6.69. The lowest BCUT2D eigenvalue weighted by Crippen LogP contribution is -2.28. The van der Waals surface area contributed by atoms with Gasteiger partial charge in [-0.25, -0.2) is 0 Å². The summed E-state index contributed by atoms with van der Waals surface area (Å²) in [5.74, 6) is 0. The van der Waals surface area contributed by atoms with Crippen LogP contribution in [0.15, 0.2) is 265 Å². The largest absolute Gasteiger partial charge is 0.456 e. The van der Waals surface area contributed by atoms with Gasteiger partial charge in [0.15, 0.2) is 0 Å². The molecule has 12 aromatic carbocycles. The highest BCUT2D eigenvalue weighted by atomic mass is 16.3. The molecular weight excluding hydrogens is 835 g/mol. The van der Waals surface area contributed by atoms with Crippen LogP contribution < -0.4 is 4.90 Å². The van der Waals surface area contributed by atoms with Crippen molar-refractivity contribution in [2.75, 3.05) is 4.90 Å². The highest BCUT2D eigenvalue weighted by molar-refractivity contribution is 6.17. The number of nitrogens with zero attached hydrogens (tertiary/aromatic N) is 1. The van der Waals surface area contributed by atoms with Crippen molar-refractivity contribution in [2.24, 2.45) is 0 Å². The molecule has 0 fully saturated rings. The second-order valence-electron chi connectivity index (χ2n) is 18.3. The predicted molar refractivity (Wildman–Crippen MR) is 289 cm³/mol. The highest BCUT2D eigenvalue weighted by Gasteiger charge is 2.47. The summed E-state index contributed by atoms with van der Waals surface area (Å²) in [5.41, 5.74) is 16.6. The molecule has 69 heavy (non-hydrogen) atoms. The first kappa shape index (κ1) is 39.2. The molecule has 13 aromatic rings. The molecule has 1 aliphatic rings. The minimum absolute atomic E-state index is 0.553. The molecule has 0 radical (unpaired) electrons. The van der Waals surface area contributed by atoms with Gasteiger partial charge in [0.25, 0.3) is 0 Å². The molecule has 0 N–H and O–H groups in total. The predicted octanol–water partition coefficient (Wildman–Crippen LogP) is 18.2. The first-order valence-corrected chi connectivity index (χ1v) is 23.8. The Kier molecular flexibility index (Phi) is 8.84. The van der Waals surface area contributed by atoms with Gasteiger partial charge in [-0.2, -0.15) is 0 Å². The molecule has 1 heterocycles. The lowest BCUT2D eigenvalue weighted by molar-refractivity contribution is 0.669. The molecule has 1 aromatic heterocycles. The molecule has 0 saturated heterocycles. The molecule has 0 spiro atoms. The molecule has 14 rings (SSSR count). The number of furan rings is 1. The van der Waals surface area contributed by atoms with E-state index in [1.807, 2.05) is 0 Å². The molecule has 322 valence electrons. The first-order chi connectivity index (χ1) is 34.2. The van der Waals surface area contributed by atoms with Gasteiger partial charge in [0.2, 0.25) is 0 Å². The normalized spacial score (nSPS) is 12.8. The van der Waals surface area contributed by atoms with Crippen LogP contribution in [0.5, 0.6) is 0 Å². The third-order valence-corrected chi connectivity index (χ3v) is 14.7. The molecule has 0 amide bonds. The van der Waals surface area contributed by atoms with E-state index in [1.165, 1.54) is 71.4 Å². The van der Waals surface area contributed by atoms with Crippen molar-refractivity contribution in [3.63, 3.8) is 0 Å². The molecule has 0 unspecified atom stereocenters. The number of anilines is 3. The first-order valence-electron chi connectivity index (χ1n) is 23.8. The lowest BCUT2D eigenvalue weighted by atomic mass is 9.68. The Bertz CT molecular complexity index is 4090. The van der Waals surface area contributed by atoms with Crippen molar-refractivity contribution < 1.29 is 4.42 Å². The second-order valence-corrected chi connectivity index (χ2v) is 18.3. The van der Waals surface area contributed by atoms with Crippen molar-refractivity contribution >= 4 is 71.3 Å². The monoisotopic (exact) mass is 877 g/mol. The Labute approximate surface area is 400 Å². The van der Waals surface area contributed by atoms with Gasteiger partial charge >= 0.3 is 0 Å². The third-order valence-electron chi connectivity index (χ3n) is 14.7. The minimum Gasteiger partial charge on any atom is -0.456 e. The Morgan fingerprint density at radius 3 is 1.70 bits per heavy atom. The summed E-state index contributed by atoms with van der Waals surface area (Å²) >= 11 is 0. The van der Waals surface area contributed by atoms with E-state index < -0.39 is 5.41 Å². The molecule has 0 atom stereocenters. The minimum atomic E-state index is -0.553. The summed E-state index contributed by atoms with van der Waals surface area (Å²) in [4.78, 5) is 2.51. The van der Waals surface area contributed by atoms with Crippen molar-refractivity contribution in [2.45, 2.75) is 5.41 Å². The average molecular weight is 878 g/mol. The molecule has 2 nitrogen and oxygen atoms in total. The fraction of sp³-hybridized carbons (Fsp3) is 0.0149. The number of fused-ring (bicyclic) bond motifs is 10. The zero-order valence-corrected chi connectivity index (χ0v) is 37.7. The molecule has 0 saturated carbocycles. The van der Waals surface area contributed by atoms with Gasteiger partial charge in [-0.15, -0.1) is 0 Å². The van der Waals surface area contributed by atoms with Crippen LogP contribution in [0.4, 0.5) is 17.1 Å². The van der Waals surface area contributed by atoms with Gasteiger partial charge in [-0.3, -0.25) is 0 Å². The number of para-hydroxylation sites is 1. The fourth-order valence-electron chi connectivity index (χ4n) is 11.8. The number of hydrogen-bond acceptors (Lipinski definition) is 2. The zero-order chi connectivity index (χ0) is 45.5. The van der Waals surface area contributed by atoms with Crippen molar-refractivity contribution in [1.29, 1.82) is 0 Å². The quantitative estimate of drug-likeness (QED) is 0.148. The Morgan fingerprint density at radius 2 is 0.899 bits per heavy atom. The molecule has 0 bridgehead atoms. The second kappa shape index (κ2) is 15.6. The van der Waals surface area contributed by atoms with Crippen LogP contribution in [-0.2, 0) is 5.41 Å². The molecular formula is C67H43NO. The van der Waals surface area contributed by atoms with Gasteiger partial charge < -0.3 is 9.32 Å². The van der Waals surface area contributed by atoms with E-state index >= 15 is 0 Å². The SMILES string of the molecule is c1ccc(C2(c3ccccc3)c3ccccc3-c3c(N(c4ccc(-c5cccc6c5ccc5ccccc56)cc4)c4ccccc4-c4cccc5oc6cc7ccccc7cc6c45)cccc32)cc1. The van der Waals surface area contributed by atoms with Gasteiger partial charge in [-0.05, 0) is 119 Å². The lowest BCUT2D eigenvalue weighted by Gasteiger charge is -2.34. The summed E-state index contributed by atoms with van der Waals surface area (Å²) in [6, 6.07) is 95.7. The standard InChI is InChI=1S/C67H43NO/c1-3-21-48(22-4-1)67(49-23-5-2-6-24-49)59-31-13-11-27-57(59)66-60(67)32-17-34-62(66)68(50-39-36-45(37-40-50)52-28-15-29-53-51-25-10-9-18-44(51)38-41-54(52)53)61-33-14-12-26-55(61)56-30-16-35-63-65(56)58-42-46-19-7-8-20-47(46)43-64(58)69-63/h1-43H. The third kappa shape index (κ3) is 5.92. The average Bonchev–Trinajstić information content (AvgIpc) is 3.94. The summed E-state index contributed by atoms with van der Waals surface area (Å²) in [6.07, 6.45) is 0. The fourth-order valence-corrected chi connectivity index (χ4v) is 11.8. The Balaban J connectivity index is 1.04. The van der Waals surface area contributed by atoms with Crippen molar-refractivity contribution in [3.8, 4) is 33.4 Å². The van der Waals surface area contributed by atoms with E-state index in [-0.39, 0.29) is 0 Å². The summed E-state index contributed by atoms with van der Waals surface area (Å²) < 4.78 is 6.69. The van der Waals surface area contributed by atoms with Crippen LogP contribution in [0.1, 0.15) is 22.3 Å². The van der Waals surface area contributed by atoms with Crippen LogP contribution >= 0.6 is 0 Å². The van der Waals surface area contributed by atoms with Crippen LogP contribution in [0, 0.1) is 0 Å². The maximum Gasteiger partial charge on any atom is 0.136 e. The van der Waals surface area contributed by atoms with E-state index in [1.54, 1.807) is 0 Å². The van der Waals surface area contributed by atoms with E-state index in [2.05, 4.69) is 266 Å². The van der Waals surface area contributed by atoms with E-state index in [0.717, 1.165) is 55.5 Å². The summed E-state index contributed by atoms with van der Waals surface area (Å²) in [6.45, 7) is 0. The van der Waals surface area contributed by atoms with Crippen molar-refractivity contribution in [1.82, 2.24) is 0 Å². The summed E-state index contributed by atoms with van der Waals surface area (Å²) in [7, 11) is 0. The smallest absolute Gasteiger partial charge is 0.136 e. The van der Waals surface area contributed by atoms with Gasteiger partial charge in [0.1, 0.15) is 11.2 Å². The van der Waals surface area contributed by atoms with Gasteiger partial charge in [0, 0.05) is 27.6 Å². The van der Waals surface area contributed by atoms with E-state index in [9.17, 15) is 0 Å². The number of hydrogen-bond donors (Lipinski definition) is 0. The Hall–Kier alpha value is -8.98. The topological polar surface area (TPSA) is 16.4 Å². The van der Waals surface area contributed by atoms with E-state index in [0.29, 0.717) is 0 Å². The van der Waals surface area contributed by atoms with Crippen LogP contribution in [-0.4, -0.2) is 0 Å². The van der Waals surface area contributed by atoms with Gasteiger partial charge in [0.05, 0.1) is 16.8 Å². The van der Waals surface area contributed by atoms with Crippen LogP contribution in [0.25, 0.3) is 87.6 Å².